The summed E-state index contributed by atoms with van der Waals surface area (Å²) in [6.07, 6.45) is 2.68. The first-order chi connectivity index (χ1) is 9.85. The zero-order valence-electron chi connectivity index (χ0n) is 11.8. The summed E-state index contributed by atoms with van der Waals surface area (Å²) in [6, 6.07) is 5.97. The molecule has 2 N–H and O–H groups in total. The molecule has 108 valence electrons. The third kappa shape index (κ3) is 3.35. The average Bonchev–Trinajstić information content (AvgIpc) is 3.17. The second kappa shape index (κ2) is 6.03. The highest BCUT2D eigenvalue weighted by Crippen LogP contribution is 2.32. The van der Waals surface area contributed by atoms with E-state index in [0.717, 1.165) is 42.0 Å². The van der Waals surface area contributed by atoms with Gasteiger partial charge in [-0.15, -0.1) is 0 Å². The highest BCUT2D eigenvalue weighted by molar-refractivity contribution is 5.79. The summed E-state index contributed by atoms with van der Waals surface area (Å²) in [5.74, 6) is 3.35. The molecular weight excluding hydrogens is 254 g/mol. The van der Waals surface area contributed by atoms with Gasteiger partial charge in [-0.1, -0.05) is 6.07 Å². The normalized spacial score (nSPS) is 17.1. The topological polar surface area (TPSA) is 54.9 Å². The molecule has 1 aromatic rings. The SMILES string of the molecule is CCNC(=NCc1ccc2c(c1)OCO2)NCC1CC1. The summed E-state index contributed by atoms with van der Waals surface area (Å²) in [5, 5.41) is 6.66. The average molecular weight is 275 g/mol. The maximum absolute atomic E-state index is 5.38. The number of guanidine groups is 1. The van der Waals surface area contributed by atoms with Gasteiger partial charge in [-0.25, -0.2) is 4.99 Å². The van der Waals surface area contributed by atoms with E-state index in [0.29, 0.717) is 13.3 Å². The highest BCUT2D eigenvalue weighted by Gasteiger charge is 2.21. The Morgan fingerprint density at radius 2 is 2.10 bits per heavy atom. The molecule has 0 bridgehead atoms. The molecule has 0 saturated heterocycles. The van der Waals surface area contributed by atoms with Crippen LogP contribution < -0.4 is 20.1 Å². The minimum absolute atomic E-state index is 0.313. The highest BCUT2D eigenvalue weighted by atomic mass is 16.7. The summed E-state index contributed by atoms with van der Waals surface area (Å²) >= 11 is 0. The predicted molar refractivity (Wildman–Crippen MR) is 78.1 cm³/mol. The number of benzene rings is 1. The molecule has 0 atom stereocenters. The largest absolute Gasteiger partial charge is 0.454 e. The van der Waals surface area contributed by atoms with Crippen LogP contribution in [0.2, 0.25) is 0 Å². The van der Waals surface area contributed by atoms with E-state index in [1.807, 2.05) is 18.2 Å². The van der Waals surface area contributed by atoms with Crippen LogP contribution in [-0.4, -0.2) is 25.8 Å². The third-order valence-electron chi connectivity index (χ3n) is 3.46. The van der Waals surface area contributed by atoms with Crippen molar-refractivity contribution in [2.45, 2.75) is 26.3 Å². The van der Waals surface area contributed by atoms with Gasteiger partial charge in [0, 0.05) is 13.1 Å². The zero-order valence-corrected chi connectivity index (χ0v) is 11.8. The number of rotatable bonds is 5. The number of hydrogen-bond acceptors (Lipinski definition) is 3. The van der Waals surface area contributed by atoms with E-state index in [4.69, 9.17) is 9.47 Å². The van der Waals surface area contributed by atoms with Crippen molar-refractivity contribution in [2.75, 3.05) is 19.9 Å². The van der Waals surface area contributed by atoms with Crippen LogP contribution in [0.4, 0.5) is 0 Å². The Hall–Kier alpha value is -1.91. The first-order valence-electron chi connectivity index (χ1n) is 7.26. The van der Waals surface area contributed by atoms with Crippen molar-refractivity contribution in [1.29, 1.82) is 0 Å². The Morgan fingerprint density at radius 3 is 2.90 bits per heavy atom. The Balaban J connectivity index is 1.60. The van der Waals surface area contributed by atoms with Crippen molar-refractivity contribution >= 4 is 5.96 Å². The van der Waals surface area contributed by atoms with Crippen molar-refractivity contribution in [2.24, 2.45) is 10.9 Å². The van der Waals surface area contributed by atoms with Crippen LogP contribution in [0.25, 0.3) is 0 Å². The molecule has 3 rings (SSSR count). The summed E-state index contributed by atoms with van der Waals surface area (Å²) < 4.78 is 10.7. The van der Waals surface area contributed by atoms with Gasteiger partial charge in [0.15, 0.2) is 17.5 Å². The second-order valence-corrected chi connectivity index (χ2v) is 5.21. The number of nitrogens with one attached hydrogen (secondary N) is 2. The van der Waals surface area contributed by atoms with E-state index in [1.165, 1.54) is 12.8 Å². The summed E-state index contributed by atoms with van der Waals surface area (Å²) in [4.78, 5) is 4.61. The Morgan fingerprint density at radius 1 is 1.25 bits per heavy atom. The monoisotopic (exact) mass is 275 g/mol. The molecule has 5 heteroatoms. The minimum atomic E-state index is 0.313. The quantitative estimate of drug-likeness (QED) is 0.636. The maximum atomic E-state index is 5.38. The molecule has 1 aliphatic heterocycles. The summed E-state index contributed by atoms with van der Waals surface area (Å²) in [7, 11) is 0. The van der Waals surface area contributed by atoms with Crippen molar-refractivity contribution < 1.29 is 9.47 Å². The molecule has 1 saturated carbocycles. The van der Waals surface area contributed by atoms with Gasteiger partial charge in [-0.2, -0.15) is 0 Å². The van der Waals surface area contributed by atoms with Gasteiger partial charge in [-0.05, 0) is 43.4 Å². The molecule has 0 amide bonds. The molecule has 0 radical (unpaired) electrons. The lowest BCUT2D eigenvalue weighted by atomic mass is 10.2. The summed E-state index contributed by atoms with van der Waals surface area (Å²) in [6.45, 7) is 4.92. The van der Waals surface area contributed by atoms with Crippen LogP contribution >= 0.6 is 0 Å². The third-order valence-corrected chi connectivity index (χ3v) is 3.46. The van der Waals surface area contributed by atoms with Crippen LogP contribution in [-0.2, 0) is 6.54 Å². The van der Waals surface area contributed by atoms with Crippen LogP contribution in [0.15, 0.2) is 23.2 Å². The molecule has 5 nitrogen and oxygen atoms in total. The molecule has 0 unspecified atom stereocenters. The maximum Gasteiger partial charge on any atom is 0.231 e. The number of fused-ring (bicyclic) bond motifs is 1. The first-order valence-corrected chi connectivity index (χ1v) is 7.26. The van der Waals surface area contributed by atoms with Crippen LogP contribution in [0.5, 0.6) is 11.5 Å². The molecule has 0 aromatic heterocycles. The molecule has 1 fully saturated rings. The van der Waals surface area contributed by atoms with E-state index >= 15 is 0 Å². The van der Waals surface area contributed by atoms with Crippen molar-refractivity contribution in [3.05, 3.63) is 23.8 Å². The lowest BCUT2D eigenvalue weighted by molar-refractivity contribution is 0.174. The van der Waals surface area contributed by atoms with Gasteiger partial charge in [0.05, 0.1) is 6.54 Å². The molecule has 0 spiro atoms. The van der Waals surface area contributed by atoms with E-state index in [2.05, 4.69) is 22.5 Å². The fraction of sp³-hybridized carbons (Fsp3) is 0.533. The molecule has 2 aliphatic rings. The summed E-state index contributed by atoms with van der Waals surface area (Å²) in [5.41, 5.74) is 1.12. The minimum Gasteiger partial charge on any atom is -0.454 e. The van der Waals surface area contributed by atoms with E-state index in [9.17, 15) is 0 Å². The van der Waals surface area contributed by atoms with Crippen molar-refractivity contribution in [1.82, 2.24) is 10.6 Å². The van der Waals surface area contributed by atoms with E-state index in [-0.39, 0.29) is 0 Å². The van der Waals surface area contributed by atoms with Gasteiger partial charge in [-0.3, -0.25) is 0 Å². The van der Waals surface area contributed by atoms with Crippen molar-refractivity contribution in [3.63, 3.8) is 0 Å². The van der Waals surface area contributed by atoms with Gasteiger partial charge >= 0.3 is 0 Å². The van der Waals surface area contributed by atoms with Gasteiger partial charge < -0.3 is 20.1 Å². The zero-order chi connectivity index (χ0) is 13.8. The van der Waals surface area contributed by atoms with E-state index in [1.54, 1.807) is 0 Å². The first kappa shape index (κ1) is 13.1. The smallest absolute Gasteiger partial charge is 0.231 e. The van der Waals surface area contributed by atoms with Gasteiger partial charge in [0.2, 0.25) is 6.79 Å². The molecule has 1 aliphatic carbocycles. The number of hydrogen-bond donors (Lipinski definition) is 2. The fourth-order valence-electron chi connectivity index (χ4n) is 2.11. The fourth-order valence-corrected chi connectivity index (χ4v) is 2.11. The van der Waals surface area contributed by atoms with Crippen LogP contribution in [0.1, 0.15) is 25.3 Å². The number of nitrogens with zero attached hydrogens (tertiary/aromatic N) is 1. The lowest BCUT2D eigenvalue weighted by Crippen LogP contribution is -2.38. The predicted octanol–water partition coefficient (Wildman–Crippen LogP) is 1.88. The van der Waals surface area contributed by atoms with Crippen LogP contribution in [0.3, 0.4) is 0 Å². The van der Waals surface area contributed by atoms with Gasteiger partial charge in [0.1, 0.15) is 0 Å². The molecular formula is C15H21N3O2. The molecule has 20 heavy (non-hydrogen) atoms. The Kier molecular flexibility index (Phi) is 3.95. The number of aliphatic imine (C=N–C) groups is 1. The van der Waals surface area contributed by atoms with E-state index < -0.39 is 0 Å². The van der Waals surface area contributed by atoms with Gasteiger partial charge in [0.25, 0.3) is 0 Å². The standard InChI is InChI=1S/C15H21N3O2/c1-2-16-15(17-8-11-3-4-11)18-9-12-5-6-13-14(7-12)20-10-19-13/h5-7,11H,2-4,8-10H2,1H3,(H2,16,17,18). The molecule has 1 aromatic carbocycles. The second-order valence-electron chi connectivity index (χ2n) is 5.21. The lowest BCUT2D eigenvalue weighted by Gasteiger charge is -2.10. The van der Waals surface area contributed by atoms with Crippen molar-refractivity contribution in [3.8, 4) is 11.5 Å². The Bertz CT molecular complexity index is 498. The number of ether oxygens (including phenoxy) is 2. The molecule has 1 heterocycles. The Labute approximate surface area is 119 Å². The van der Waals surface area contributed by atoms with Crippen LogP contribution in [0, 0.1) is 5.92 Å².